The number of nitrogen functional groups attached to an aromatic ring is 1. The van der Waals surface area contributed by atoms with Gasteiger partial charge in [-0.2, -0.15) is 9.57 Å². The molecule has 0 saturated heterocycles. The summed E-state index contributed by atoms with van der Waals surface area (Å²) in [5, 5.41) is 8.85. The summed E-state index contributed by atoms with van der Waals surface area (Å²) >= 11 is 5.87. The molecular formula is C12H16ClN3O2S. The first-order valence-electron chi connectivity index (χ1n) is 5.77. The molecule has 0 aromatic heterocycles. The number of nitrogens with zero attached hydrogens (tertiary/aromatic N) is 2. The Morgan fingerprint density at radius 1 is 1.47 bits per heavy atom. The second-order valence-electron chi connectivity index (χ2n) is 4.02. The number of halogens is 1. The maximum atomic E-state index is 12.5. The molecule has 0 unspecified atom stereocenters. The third-order valence-electron chi connectivity index (χ3n) is 2.81. The standard InChI is InChI=1S/C12H16ClN3O2S/c1-3-16(6-4-5-14)19(17,18)12-8-10(13)7-11(15)9(12)2/h7-8H,3-4,6,15H2,1-2H3. The van der Waals surface area contributed by atoms with Gasteiger partial charge in [0.1, 0.15) is 0 Å². The predicted molar refractivity (Wildman–Crippen MR) is 75.3 cm³/mol. The Morgan fingerprint density at radius 2 is 2.11 bits per heavy atom. The van der Waals surface area contributed by atoms with Gasteiger partial charge in [0, 0.05) is 30.2 Å². The molecule has 0 fully saturated rings. The van der Waals surface area contributed by atoms with Crippen LogP contribution in [0.3, 0.4) is 0 Å². The van der Waals surface area contributed by atoms with Crippen molar-refractivity contribution in [3.05, 3.63) is 22.7 Å². The second-order valence-corrected chi connectivity index (χ2v) is 6.37. The van der Waals surface area contributed by atoms with E-state index < -0.39 is 10.0 Å². The molecule has 2 N–H and O–H groups in total. The van der Waals surface area contributed by atoms with Crippen LogP contribution in [0.25, 0.3) is 0 Å². The van der Waals surface area contributed by atoms with Crippen LogP contribution in [0.1, 0.15) is 18.9 Å². The quantitative estimate of drug-likeness (QED) is 0.844. The molecule has 0 atom stereocenters. The van der Waals surface area contributed by atoms with Crippen molar-refractivity contribution in [2.75, 3.05) is 18.8 Å². The summed E-state index contributed by atoms with van der Waals surface area (Å²) < 4.78 is 26.2. The van der Waals surface area contributed by atoms with Gasteiger partial charge in [-0.15, -0.1) is 0 Å². The molecule has 0 amide bonds. The van der Waals surface area contributed by atoms with Crippen LogP contribution in [0.15, 0.2) is 17.0 Å². The molecule has 0 bridgehead atoms. The lowest BCUT2D eigenvalue weighted by atomic mass is 10.2. The van der Waals surface area contributed by atoms with Gasteiger partial charge in [-0.1, -0.05) is 18.5 Å². The Bertz CT molecular complexity index is 608. The van der Waals surface area contributed by atoms with Gasteiger partial charge in [-0.05, 0) is 24.6 Å². The van der Waals surface area contributed by atoms with E-state index in [0.29, 0.717) is 11.3 Å². The molecule has 0 saturated carbocycles. The van der Waals surface area contributed by atoms with Crippen LogP contribution >= 0.6 is 11.6 Å². The van der Waals surface area contributed by atoms with Gasteiger partial charge in [0.2, 0.25) is 10.0 Å². The summed E-state index contributed by atoms with van der Waals surface area (Å²) in [4.78, 5) is 0.0947. The van der Waals surface area contributed by atoms with Crippen LogP contribution in [0.4, 0.5) is 5.69 Å². The predicted octanol–water partition coefficient (Wildman–Crippen LogP) is 2.15. The number of hydrogen-bond donors (Lipinski definition) is 1. The number of nitrogens with two attached hydrogens (primary N) is 1. The fraction of sp³-hybridized carbons (Fsp3) is 0.417. The molecule has 19 heavy (non-hydrogen) atoms. The molecule has 0 heterocycles. The van der Waals surface area contributed by atoms with Crippen molar-refractivity contribution in [3.8, 4) is 6.07 Å². The normalized spacial score (nSPS) is 11.5. The van der Waals surface area contributed by atoms with E-state index in [4.69, 9.17) is 22.6 Å². The average molecular weight is 302 g/mol. The first-order chi connectivity index (χ1) is 8.84. The smallest absolute Gasteiger partial charge is 0.243 e. The first-order valence-corrected chi connectivity index (χ1v) is 7.59. The molecule has 0 aliphatic carbocycles. The zero-order valence-electron chi connectivity index (χ0n) is 10.9. The van der Waals surface area contributed by atoms with Gasteiger partial charge in [0.25, 0.3) is 0 Å². The highest BCUT2D eigenvalue weighted by Gasteiger charge is 2.25. The minimum absolute atomic E-state index is 0.0947. The highest BCUT2D eigenvalue weighted by atomic mass is 35.5. The summed E-state index contributed by atoms with van der Waals surface area (Å²) in [7, 11) is -3.68. The Hall–Kier alpha value is -1.29. The van der Waals surface area contributed by atoms with Crippen molar-refractivity contribution in [3.63, 3.8) is 0 Å². The lowest BCUT2D eigenvalue weighted by molar-refractivity contribution is 0.434. The van der Waals surface area contributed by atoms with E-state index in [1.807, 2.05) is 6.07 Å². The van der Waals surface area contributed by atoms with Gasteiger partial charge >= 0.3 is 0 Å². The van der Waals surface area contributed by atoms with Crippen LogP contribution < -0.4 is 5.73 Å². The number of nitriles is 1. The van der Waals surface area contributed by atoms with Crippen molar-refractivity contribution in [2.24, 2.45) is 0 Å². The number of benzene rings is 1. The largest absolute Gasteiger partial charge is 0.398 e. The SMILES string of the molecule is CCN(CCC#N)S(=O)(=O)c1cc(Cl)cc(N)c1C. The Morgan fingerprint density at radius 3 is 2.63 bits per heavy atom. The van der Waals surface area contributed by atoms with Crippen LogP contribution in [0.5, 0.6) is 0 Å². The van der Waals surface area contributed by atoms with E-state index in [0.717, 1.165) is 0 Å². The molecular weight excluding hydrogens is 286 g/mol. The first kappa shape index (κ1) is 15.8. The zero-order chi connectivity index (χ0) is 14.6. The number of sulfonamides is 1. The summed E-state index contributed by atoms with van der Waals surface area (Å²) in [6.07, 6.45) is 0.141. The van der Waals surface area contributed by atoms with Crippen LogP contribution in [0, 0.1) is 18.3 Å². The third-order valence-corrected chi connectivity index (χ3v) is 5.13. The zero-order valence-corrected chi connectivity index (χ0v) is 12.4. The van der Waals surface area contributed by atoms with Gasteiger partial charge in [0.05, 0.1) is 11.0 Å². The van der Waals surface area contributed by atoms with Crippen molar-refractivity contribution >= 4 is 27.3 Å². The molecule has 0 aliphatic rings. The van der Waals surface area contributed by atoms with E-state index in [1.165, 1.54) is 16.4 Å². The molecule has 1 aromatic rings. The maximum Gasteiger partial charge on any atom is 0.243 e. The minimum atomic E-state index is -3.68. The van der Waals surface area contributed by atoms with Gasteiger partial charge in [-0.25, -0.2) is 8.42 Å². The maximum absolute atomic E-state index is 12.5. The summed E-state index contributed by atoms with van der Waals surface area (Å²) in [5.41, 5.74) is 6.55. The lowest BCUT2D eigenvalue weighted by Crippen LogP contribution is -2.32. The fourth-order valence-corrected chi connectivity index (χ4v) is 3.73. The van der Waals surface area contributed by atoms with Crippen molar-refractivity contribution < 1.29 is 8.42 Å². The lowest BCUT2D eigenvalue weighted by Gasteiger charge is -2.21. The Labute approximate surface area is 118 Å². The van der Waals surface area contributed by atoms with Crippen LogP contribution in [-0.4, -0.2) is 25.8 Å². The third kappa shape index (κ3) is 3.38. The second kappa shape index (κ2) is 6.24. The van der Waals surface area contributed by atoms with E-state index in [2.05, 4.69) is 0 Å². The average Bonchev–Trinajstić information content (AvgIpc) is 2.34. The van der Waals surface area contributed by atoms with Gasteiger partial charge in [-0.3, -0.25) is 0 Å². The minimum Gasteiger partial charge on any atom is -0.398 e. The van der Waals surface area contributed by atoms with E-state index in [9.17, 15) is 8.42 Å². The summed E-state index contributed by atoms with van der Waals surface area (Å²) in [6, 6.07) is 4.84. The van der Waals surface area contributed by atoms with E-state index in [-0.39, 0.29) is 29.4 Å². The van der Waals surface area contributed by atoms with Crippen molar-refractivity contribution in [1.29, 1.82) is 5.26 Å². The molecule has 5 nitrogen and oxygen atoms in total. The molecule has 0 spiro atoms. The number of rotatable bonds is 5. The monoisotopic (exact) mass is 301 g/mol. The van der Waals surface area contributed by atoms with E-state index >= 15 is 0 Å². The molecule has 0 aliphatic heterocycles. The van der Waals surface area contributed by atoms with Crippen molar-refractivity contribution in [1.82, 2.24) is 4.31 Å². The Kier molecular flexibility index (Phi) is 5.18. The molecule has 104 valence electrons. The molecule has 1 aromatic carbocycles. The number of anilines is 1. The summed E-state index contributed by atoms with van der Waals surface area (Å²) in [5.74, 6) is 0. The molecule has 0 radical (unpaired) electrons. The van der Waals surface area contributed by atoms with Crippen molar-refractivity contribution in [2.45, 2.75) is 25.2 Å². The topological polar surface area (TPSA) is 87.2 Å². The molecule has 1 rings (SSSR count). The van der Waals surface area contributed by atoms with Crippen LogP contribution in [0.2, 0.25) is 5.02 Å². The summed E-state index contributed by atoms with van der Waals surface area (Å²) in [6.45, 7) is 3.80. The van der Waals surface area contributed by atoms with Gasteiger partial charge in [0.15, 0.2) is 0 Å². The number of hydrogen-bond acceptors (Lipinski definition) is 4. The molecule has 7 heteroatoms. The highest BCUT2D eigenvalue weighted by Crippen LogP contribution is 2.28. The van der Waals surface area contributed by atoms with E-state index in [1.54, 1.807) is 13.8 Å². The van der Waals surface area contributed by atoms with Crippen LogP contribution in [-0.2, 0) is 10.0 Å². The Balaban J connectivity index is 3.30. The van der Waals surface area contributed by atoms with Gasteiger partial charge < -0.3 is 5.73 Å². The fourth-order valence-electron chi connectivity index (χ4n) is 1.70. The highest BCUT2D eigenvalue weighted by molar-refractivity contribution is 7.89.